The topological polar surface area (TPSA) is 42.2 Å². The predicted molar refractivity (Wildman–Crippen MR) is 182 cm³/mol. The molecule has 0 N–H and O–H groups in total. The van der Waals surface area contributed by atoms with Crippen LogP contribution in [0.2, 0.25) is 0 Å². The first kappa shape index (κ1) is 24.2. The lowest BCUT2D eigenvalue weighted by Crippen LogP contribution is -2.31. The molecule has 0 fully saturated rings. The molecule has 44 heavy (non-hydrogen) atoms. The first-order chi connectivity index (χ1) is 21.7. The molecular weight excluding hydrogens is 559 g/mol. The van der Waals surface area contributed by atoms with Crippen LogP contribution in [0.15, 0.2) is 125 Å². The lowest BCUT2D eigenvalue weighted by atomic mass is 9.72. The first-order valence-electron chi connectivity index (χ1n) is 15.0. The molecule has 10 rings (SSSR count). The summed E-state index contributed by atoms with van der Waals surface area (Å²) in [5, 5.41) is 4.40. The maximum absolute atomic E-state index is 6.27. The molecule has 0 saturated heterocycles. The highest BCUT2D eigenvalue weighted by molar-refractivity contribution is 7.25. The van der Waals surface area contributed by atoms with E-state index in [1.165, 1.54) is 38.2 Å². The fourth-order valence-electron chi connectivity index (χ4n) is 7.50. The summed E-state index contributed by atoms with van der Waals surface area (Å²) in [7, 11) is 0. The quantitative estimate of drug-likeness (QED) is 0.203. The van der Waals surface area contributed by atoms with E-state index in [2.05, 4.69) is 109 Å². The van der Waals surface area contributed by atoms with Gasteiger partial charge in [-0.2, -0.15) is 0 Å². The zero-order valence-electron chi connectivity index (χ0n) is 23.9. The van der Waals surface area contributed by atoms with Gasteiger partial charge in [-0.1, -0.05) is 91.0 Å². The van der Waals surface area contributed by atoms with Crippen LogP contribution < -0.4 is 4.90 Å². The van der Waals surface area contributed by atoms with E-state index in [9.17, 15) is 0 Å². The van der Waals surface area contributed by atoms with E-state index in [-0.39, 0.29) is 5.41 Å². The zero-order chi connectivity index (χ0) is 29.0. The Morgan fingerprint density at radius 2 is 1.50 bits per heavy atom. The Labute approximate surface area is 257 Å². The van der Waals surface area contributed by atoms with Crippen LogP contribution >= 0.6 is 11.3 Å². The molecular formula is C39H25N3OS. The molecule has 1 aliphatic carbocycles. The SMILES string of the molecule is CC12Cc3ccccc3C=C1N(c1nc(-c3cccc4oc5ccccc5c34)nc3sc4ccccc4c13)c1ccccc12. The summed E-state index contributed by atoms with van der Waals surface area (Å²) in [6.07, 6.45) is 3.32. The van der Waals surface area contributed by atoms with Crippen LogP contribution in [0, 0.1) is 0 Å². The fourth-order valence-corrected chi connectivity index (χ4v) is 8.57. The van der Waals surface area contributed by atoms with Gasteiger partial charge >= 0.3 is 0 Å². The summed E-state index contributed by atoms with van der Waals surface area (Å²) in [5.74, 6) is 1.63. The van der Waals surface area contributed by atoms with E-state index >= 15 is 0 Å². The summed E-state index contributed by atoms with van der Waals surface area (Å²) in [4.78, 5) is 14.2. The number of rotatable bonds is 2. The highest BCUT2D eigenvalue weighted by atomic mass is 32.1. The Bertz CT molecular complexity index is 2520. The monoisotopic (exact) mass is 583 g/mol. The summed E-state index contributed by atoms with van der Waals surface area (Å²) in [6.45, 7) is 2.39. The zero-order valence-corrected chi connectivity index (χ0v) is 24.7. The average Bonchev–Trinajstić information content (AvgIpc) is 3.71. The smallest absolute Gasteiger partial charge is 0.163 e. The lowest BCUT2D eigenvalue weighted by molar-refractivity contribution is 0.566. The van der Waals surface area contributed by atoms with E-state index in [0.29, 0.717) is 5.82 Å². The number of anilines is 2. The van der Waals surface area contributed by atoms with Gasteiger partial charge in [0.15, 0.2) is 11.6 Å². The molecule has 0 saturated carbocycles. The van der Waals surface area contributed by atoms with Crippen LogP contribution in [0.25, 0.3) is 59.7 Å². The second kappa shape index (κ2) is 8.65. The number of nitrogens with zero attached hydrogens (tertiary/aromatic N) is 3. The molecule has 4 nitrogen and oxygen atoms in total. The van der Waals surface area contributed by atoms with Gasteiger partial charge in [-0.05, 0) is 60.4 Å². The maximum Gasteiger partial charge on any atom is 0.163 e. The molecule has 5 heteroatoms. The van der Waals surface area contributed by atoms with Gasteiger partial charge in [-0.3, -0.25) is 4.90 Å². The van der Waals surface area contributed by atoms with Gasteiger partial charge in [-0.25, -0.2) is 9.97 Å². The van der Waals surface area contributed by atoms with Gasteiger partial charge in [0.25, 0.3) is 0 Å². The van der Waals surface area contributed by atoms with E-state index < -0.39 is 0 Å². The molecule has 208 valence electrons. The fraction of sp³-hybridized carbons (Fsp3) is 0.0769. The van der Waals surface area contributed by atoms with Gasteiger partial charge in [0, 0.05) is 37.5 Å². The lowest BCUT2D eigenvalue weighted by Gasteiger charge is -2.34. The third kappa shape index (κ3) is 3.17. The highest BCUT2D eigenvalue weighted by Crippen LogP contribution is 2.56. The van der Waals surface area contributed by atoms with Gasteiger partial charge in [0.05, 0.1) is 11.1 Å². The second-order valence-corrected chi connectivity index (χ2v) is 13.0. The molecule has 1 aliphatic heterocycles. The Morgan fingerprint density at radius 1 is 0.727 bits per heavy atom. The van der Waals surface area contributed by atoms with Crippen molar-refractivity contribution in [3.8, 4) is 11.4 Å². The number of thiophene rings is 1. The Hall–Kier alpha value is -5.26. The van der Waals surface area contributed by atoms with Crippen molar-refractivity contribution in [1.82, 2.24) is 9.97 Å². The number of allylic oxidation sites excluding steroid dienone is 1. The number of furan rings is 1. The van der Waals surface area contributed by atoms with Crippen molar-refractivity contribution in [1.29, 1.82) is 0 Å². The van der Waals surface area contributed by atoms with Crippen molar-refractivity contribution in [3.05, 3.63) is 138 Å². The highest BCUT2D eigenvalue weighted by Gasteiger charge is 2.47. The Morgan fingerprint density at radius 3 is 2.45 bits per heavy atom. The number of aromatic nitrogens is 2. The van der Waals surface area contributed by atoms with Crippen LogP contribution in [0.1, 0.15) is 23.6 Å². The number of benzene rings is 5. The number of para-hydroxylation sites is 2. The Kier molecular flexibility index (Phi) is 4.76. The molecule has 0 radical (unpaired) electrons. The third-order valence-corrected chi connectivity index (χ3v) is 10.6. The minimum atomic E-state index is -0.186. The molecule has 0 amide bonds. The normalized spacial score (nSPS) is 17.3. The number of hydrogen-bond donors (Lipinski definition) is 0. The van der Waals surface area contributed by atoms with Gasteiger partial charge in [-0.15, -0.1) is 11.3 Å². The van der Waals surface area contributed by atoms with Crippen LogP contribution in [0.3, 0.4) is 0 Å². The van der Waals surface area contributed by atoms with Gasteiger partial charge in [0.1, 0.15) is 16.0 Å². The van der Waals surface area contributed by atoms with Crippen LogP contribution in [0.5, 0.6) is 0 Å². The van der Waals surface area contributed by atoms with Crippen molar-refractivity contribution in [2.24, 2.45) is 0 Å². The summed E-state index contributed by atoms with van der Waals surface area (Å²) in [6, 6.07) is 40.7. The molecule has 0 bridgehead atoms. The van der Waals surface area contributed by atoms with Crippen molar-refractivity contribution < 1.29 is 4.42 Å². The number of hydrogen-bond acceptors (Lipinski definition) is 5. The molecule has 4 heterocycles. The van der Waals surface area contributed by atoms with Crippen molar-refractivity contribution in [2.45, 2.75) is 18.8 Å². The van der Waals surface area contributed by atoms with Gasteiger partial charge in [0.2, 0.25) is 0 Å². The van der Waals surface area contributed by atoms with Crippen molar-refractivity contribution >= 4 is 71.2 Å². The summed E-state index contributed by atoms with van der Waals surface area (Å²) >= 11 is 1.73. The minimum Gasteiger partial charge on any atom is -0.456 e. The summed E-state index contributed by atoms with van der Waals surface area (Å²) in [5.41, 5.74) is 8.92. The molecule has 2 aliphatic rings. The van der Waals surface area contributed by atoms with E-state index in [1.54, 1.807) is 11.3 Å². The molecule has 3 aromatic heterocycles. The van der Waals surface area contributed by atoms with Crippen LogP contribution in [-0.2, 0) is 11.8 Å². The van der Waals surface area contributed by atoms with E-state index in [1.807, 2.05) is 24.3 Å². The van der Waals surface area contributed by atoms with Crippen LogP contribution in [0.4, 0.5) is 11.5 Å². The minimum absolute atomic E-state index is 0.186. The van der Waals surface area contributed by atoms with Crippen LogP contribution in [-0.4, -0.2) is 9.97 Å². The average molecular weight is 584 g/mol. The van der Waals surface area contributed by atoms with E-state index in [4.69, 9.17) is 14.4 Å². The first-order valence-corrected chi connectivity index (χ1v) is 15.8. The molecule has 1 unspecified atom stereocenters. The van der Waals surface area contributed by atoms with Crippen molar-refractivity contribution in [2.75, 3.05) is 4.90 Å². The molecule has 8 aromatic rings. The van der Waals surface area contributed by atoms with Gasteiger partial charge < -0.3 is 4.42 Å². The molecule has 5 aromatic carbocycles. The molecule has 1 atom stereocenters. The largest absolute Gasteiger partial charge is 0.456 e. The Balaban J connectivity index is 1.33. The van der Waals surface area contributed by atoms with E-state index in [0.717, 1.165) is 50.0 Å². The number of fused-ring (bicyclic) bond motifs is 10. The third-order valence-electron chi connectivity index (χ3n) is 9.51. The standard InChI is InChI=1S/C39H25N3OS/c1-39-22-24-12-3-2-11-23(24)21-33(39)42(29-17-7-6-16-28(29)39)37-35-26-14-5-9-20-32(26)44-38(35)41-36(40-37)27-15-10-19-31-34(27)25-13-4-8-18-30(25)43-31/h2-21H,22H2,1H3. The summed E-state index contributed by atoms with van der Waals surface area (Å²) < 4.78 is 7.48. The predicted octanol–water partition coefficient (Wildman–Crippen LogP) is 10.4. The molecule has 0 spiro atoms. The maximum atomic E-state index is 6.27. The van der Waals surface area contributed by atoms with Crippen molar-refractivity contribution in [3.63, 3.8) is 0 Å². The second-order valence-electron chi connectivity index (χ2n) is 12.0.